The number of nitrogens with two attached hydrogens (primary N) is 1. The molecule has 1 aromatic rings. The van der Waals surface area contributed by atoms with Gasteiger partial charge in [0.25, 0.3) is 5.69 Å². The van der Waals surface area contributed by atoms with Gasteiger partial charge in [0, 0.05) is 24.3 Å². The number of nitrogens with zero attached hydrogens (tertiary/aromatic N) is 2. The quantitative estimate of drug-likeness (QED) is 0.468. The Kier molecular flexibility index (Phi) is 5.11. The molecule has 1 atom stereocenters. The van der Waals surface area contributed by atoms with Gasteiger partial charge in [-0.25, -0.2) is 0 Å². The number of likely N-dealkylation sites (N-methyl/N-ethyl adjacent to an activating group) is 1. The fourth-order valence-corrected chi connectivity index (χ4v) is 1.84. The lowest BCUT2D eigenvalue weighted by Gasteiger charge is -2.26. The van der Waals surface area contributed by atoms with E-state index < -0.39 is 4.92 Å². The number of rotatable bonds is 6. The second-order valence-electron chi connectivity index (χ2n) is 5.29. The topological polar surface area (TPSA) is 84.4 Å². The van der Waals surface area contributed by atoms with Crippen molar-refractivity contribution in [2.45, 2.75) is 19.9 Å². The standard InChI is InChI=1S/C13H22N4O2/c1-9(2)12(8-16(3)4)15-10-5-6-13(17(18)19)11(14)7-10/h5-7,9,12,15H,8,14H2,1-4H3. The van der Waals surface area contributed by atoms with E-state index >= 15 is 0 Å². The Labute approximate surface area is 113 Å². The van der Waals surface area contributed by atoms with Crippen molar-refractivity contribution in [3.05, 3.63) is 28.3 Å². The van der Waals surface area contributed by atoms with E-state index in [1.807, 2.05) is 14.1 Å². The highest BCUT2D eigenvalue weighted by Gasteiger charge is 2.16. The fraction of sp³-hybridized carbons (Fsp3) is 0.538. The van der Waals surface area contributed by atoms with Crippen LogP contribution in [-0.4, -0.2) is 36.5 Å². The third kappa shape index (κ3) is 4.40. The van der Waals surface area contributed by atoms with Crippen LogP contribution in [0.25, 0.3) is 0 Å². The molecule has 0 heterocycles. The van der Waals surface area contributed by atoms with Gasteiger partial charge < -0.3 is 16.0 Å². The maximum atomic E-state index is 10.7. The fourth-order valence-electron chi connectivity index (χ4n) is 1.84. The minimum Gasteiger partial charge on any atom is -0.393 e. The molecule has 0 saturated carbocycles. The van der Waals surface area contributed by atoms with Crippen LogP contribution >= 0.6 is 0 Å². The van der Waals surface area contributed by atoms with Crippen LogP contribution in [-0.2, 0) is 0 Å². The average molecular weight is 266 g/mol. The first kappa shape index (κ1) is 15.2. The second kappa shape index (κ2) is 6.38. The SMILES string of the molecule is CC(C)C(CN(C)C)Nc1ccc([N+](=O)[O-])c(N)c1. The predicted octanol–water partition coefficient (Wildman–Crippen LogP) is 2.18. The Morgan fingerprint density at radius 3 is 2.47 bits per heavy atom. The van der Waals surface area contributed by atoms with E-state index in [2.05, 4.69) is 24.1 Å². The van der Waals surface area contributed by atoms with Gasteiger partial charge in [-0.1, -0.05) is 13.8 Å². The van der Waals surface area contributed by atoms with Crippen LogP contribution in [0.5, 0.6) is 0 Å². The summed E-state index contributed by atoms with van der Waals surface area (Å²) in [5.41, 5.74) is 6.62. The number of nitro benzene ring substituents is 1. The minimum absolute atomic E-state index is 0.0562. The molecule has 0 fully saturated rings. The smallest absolute Gasteiger partial charge is 0.292 e. The largest absolute Gasteiger partial charge is 0.393 e. The van der Waals surface area contributed by atoms with E-state index in [0.717, 1.165) is 12.2 Å². The number of nitrogen functional groups attached to an aromatic ring is 1. The molecule has 0 aliphatic carbocycles. The molecule has 0 spiro atoms. The zero-order valence-corrected chi connectivity index (χ0v) is 11.9. The number of anilines is 2. The molecule has 6 nitrogen and oxygen atoms in total. The summed E-state index contributed by atoms with van der Waals surface area (Å²) >= 11 is 0. The van der Waals surface area contributed by atoms with Crippen molar-refractivity contribution >= 4 is 17.1 Å². The molecule has 6 heteroatoms. The molecule has 1 rings (SSSR count). The van der Waals surface area contributed by atoms with Crippen molar-refractivity contribution in [1.29, 1.82) is 0 Å². The maximum absolute atomic E-state index is 10.7. The molecule has 0 aliphatic rings. The van der Waals surface area contributed by atoms with Gasteiger partial charge in [-0.15, -0.1) is 0 Å². The summed E-state index contributed by atoms with van der Waals surface area (Å²) < 4.78 is 0. The third-order valence-corrected chi connectivity index (χ3v) is 2.94. The Morgan fingerprint density at radius 2 is 2.05 bits per heavy atom. The van der Waals surface area contributed by atoms with Gasteiger partial charge in [0.05, 0.1) is 4.92 Å². The van der Waals surface area contributed by atoms with E-state index in [4.69, 9.17) is 5.73 Å². The normalized spacial score (nSPS) is 12.7. The first-order valence-corrected chi connectivity index (χ1v) is 6.26. The van der Waals surface area contributed by atoms with Crippen LogP contribution in [0, 0.1) is 16.0 Å². The molecule has 0 bridgehead atoms. The molecule has 0 amide bonds. The minimum atomic E-state index is -0.473. The molecule has 106 valence electrons. The van der Waals surface area contributed by atoms with Crippen molar-refractivity contribution in [2.24, 2.45) is 5.92 Å². The first-order chi connectivity index (χ1) is 8.81. The summed E-state index contributed by atoms with van der Waals surface area (Å²) in [5.74, 6) is 0.443. The van der Waals surface area contributed by atoms with Crippen molar-refractivity contribution in [2.75, 3.05) is 31.7 Å². The Bertz CT molecular complexity index is 446. The summed E-state index contributed by atoms with van der Waals surface area (Å²) in [4.78, 5) is 12.3. The zero-order chi connectivity index (χ0) is 14.6. The molecule has 1 aromatic carbocycles. The lowest BCUT2D eigenvalue weighted by molar-refractivity contribution is -0.383. The van der Waals surface area contributed by atoms with Gasteiger partial charge in [0.1, 0.15) is 5.69 Å². The highest BCUT2D eigenvalue weighted by Crippen LogP contribution is 2.25. The van der Waals surface area contributed by atoms with E-state index in [0.29, 0.717) is 5.92 Å². The van der Waals surface area contributed by atoms with Crippen LogP contribution in [0.2, 0.25) is 0 Å². The van der Waals surface area contributed by atoms with Crippen molar-refractivity contribution < 1.29 is 4.92 Å². The van der Waals surface area contributed by atoms with Crippen LogP contribution in [0.1, 0.15) is 13.8 Å². The summed E-state index contributed by atoms with van der Waals surface area (Å²) in [5, 5.41) is 14.1. The van der Waals surface area contributed by atoms with Gasteiger partial charge in [0.15, 0.2) is 0 Å². The Balaban J connectivity index is 2.85. The Hall–Kier alpha value is -1.82. The van der Waals surface area contributed by atoms with Gasteiger partial charge in [-0.2, -0.15) is 0 Å². The molecule has 1 unspecified atom stereocenters. The third-order valence-electron chi connectivity index (χ3n) is 2.94. The zero-order valence-electron chi connectivity index (χ0n) is 11.9. The Morgan fingerprint density at radius 1 is 1.42 bits per heavy atom. The lowest BCUT2D eigenvalue weighted by atomic mass is 10.0. The second-order valence-corrected chi connectivity index (χ2v) is 5.29. The van der Waals surface area contributed by atoms with Gasteiger partial charge in [-0.3, -0.25) is 10.1 Å². The first-order valence-electron chi connectivity index (χ1n) is 6.26. The van der Waals surface area contributed by atoms with Crippen molar-refractivity contribution in [3.63, 3.8) is 0 Å². The van der Waals surface area contributed by atoms with Crippen LogP contribution < -0.4 is 11.1 Å². The summed E-state index contributed by atoms with van der Waals surface area (Å²) in [6.45, 7) is 5.15. The highest BCUT2D eigenvalue weighted by atomic mass is 16.6. The molecule has 0 aromatic heterocycles. The molecule has 0 saturated heterocycles. The molecular formula is C13H22N4O2. The summed E-state index contributed by atoms with van der Waals surface area (Å²) in [6, 6.07) is 5.00. The summed E-state index contributed by atoms with van der Waals surface area (Å²) in [6.07, 6.45) is 0. The monoisotopic (exact) mass is 266 g/mol. The van der Waals surface area contributed by atoms with Crippen molar-refractivity contribution in [3.8, 4) is 0 Å². The number of nitro groups is 1. The molecule has 19 heavy (non-hydrogen) atoms. The van der Waals surface area contributed by atoms with Crippen LogP contribution in [0.4, 0.5) is 17.1 Å². The van der Waals surface area contributed by atoms with Crippen LogP contribution in [0.15, 0.2) is 18.2 Å². The van der Waals surface area contributed by atoms with E-state index in [9.17, 15) is 10.1 Å². The van der Waals surface area contributed by atoms with E-state index in [1.54, 1.807) is 12.1 Å². The number of benzene rings is 1. The van der Waals surface area contributed by atoms with Gasteiger partial charge in [-0.05, 0) is 32.1 Å². The van der Waals surface area contributed by atoms with Crippen molar-refractivity contribution in [1.82, 2.24) is 4.90 Å². The van der Waals surface area contributed by atoms with E-state index in [1.165, 1.54) is 6.07 Å². The van der Waals surface area contributed by atoms with Crippen LogP contribution in [0.3, 0.4) is 0 Å². The van der Waals surface area contributed by atoms with Gasteiger partial charge in [0.2, 0.25) is 0 Å². The molecule has 0 radical (unpaired) electrons. The molecule has 0 aliphatic heterocycles. The van der Waals surface area contributed by atoms with E-state index in [-0.39, 0.29) is 17.4 Å². The highest BCUT2D eigenvalue weighted by molar-refractivity contribution is 5.66. The number of hydrogen-bond donors (Lipinski definition) is 2. The number of nitrogens with one attached hydrogen (secondary N) is 1. The average Bonchev–Trinajstić information content (AvgIpc) is 2.26. The van der Waals surface area contributed by atoms with Gasteiger partial charge >= 0.3 is 0 Å². The predicted molar refractivity (Wildman–Crippen MR) is 78.3 cm³/mol. The summed E-state index contributed by atoms with van der Waals surface area (Å²) in [7, 11) is 4.03. The number of hydrogen-bond acceptors (Lipinski definition) is 5. The molecule has 3 N–H and O–H groups in total. The lowest BCUT2D eigenvalue weighted by Crippen LogP contribution is -2.36. The molecular weight excluding hydrogens is 244 g/mol. The maximum Gasteiger partial charge on any atom is 0.292 e.